The normalized spacial score (nSPS) is 10.5. The number of fused-ring (bicyclic) bond motifs is 1. The van der Waals surface area contributed by atoms with Crippen molar-refractivity contribution in [3.05, 3.63) is 78.9 Å². The molecule has 0 fully saturated rings. The van der Waals surface area contributed by atoms with Crippen molar-refractivity contribution in [3.8, 4) is 22.8 Å². The first-order valence-electron chi connectivity index (χ1n) is 10.0. The number of nitrogens with zero attached hydrogens (tertiary/aromatic N) is 1. The molecule has 0 aliphatic heterocycles. The highest BCUT2D eigenvalue weighted by Crippen LogP contribution is 2.32. The number of ether oxygens (including phenoxy) is 2. The molecular weight excluding hydrogens is 390 g/mol. The van der Waals surface area contributed by atoms with Crippen LogP contribution in [0, 0.1) is 0 Å². The molecule has 0 aliphatic rings. The van der Waals surface area contributed by atoms with Gasteiger partial charge < -0.3 is 20.1 Å². The van der Waals surface area contributed by atoms with Crippen molar-refractivity contribution in [3.63, 3.8) is 0 Å². The first-order valence-corrected chi connectivity index (χ1v) is 10.0. The smallest absolute Gasteiger partial charge is 0.323 e. The van der Waals surface area contributed by atoms with Crippen molar-refractivity contribution in [2.24, 2.45) is 0 Å². The second-order valence-corrected chi connectivity index (χ2v) is 6.85. The topological polar surface area (TPSA) is 72.5 Å². The number of rotatable bonds is 6. The van der Waals surface area contributed by atoms with Gasteiger partial charge in [0.2, 0.25) is 0 Å². The monoisotopic (exact) mass is 413 g/mol. The molecule has 6 nitrogen and oxygen atoms in total. The lowest BCUT2D eigenvalue weighted by atomic mass is 10.1. The van der Waals surface area contributed by atoms with Crippen LogP contribution in [0.5, 0.6) is 11.5 Å². The van der Waals surface area contributed by atoms with E-state index < -0.39 is 0 Å². The van der Waals surface area contributed by atoms with Crippen molar-refractivity contribution >= 4 is 28.3 Å². The van der Waals surface area contributed by atoms with Crippen LogP contribution in [-0.2, 0) is 0 Å². The summed E-state index contributed by atoms with van der Waals surface area (Å²) in [6.45, 7) is 2.47. The zero-order chi connectivity index (χ0) is 21.6. The van der Waals surface area contributed by atoms with Crippen LogP contribution in [0.15, 0.2) is 78.9 Å². The number of aromatic nitrogens is 1. The van der Waals surface area contributed by atoms with Crippen LogP contribution in [0.3, 0.4) is 0 Å². The Morgan fingerprint density at radius 3 is 2.42 bits per heavy atom. The molecule has 2 N–H and O–H groups in total. The average molecular weight is 413 g/mol. The molecule has 1 heterocycles. The van der Waals surface area contributed by atoms with E-state index in [1.165, 1.54) is 0 Å². The molecule has 31 heavy (non-hydrogen) atoms. The number of methoxy groups -OCH3 is 1. The predicted octanol–water partition coefficient (Wildman–Crippen LogP) is 5.95. The molecule has 4 rings (SSSR count). The number of hydrogen-bond donors (Lipinski definition) is 2. The third-order valence-electron chi connectivity index (χ3n) is 4.73. The van der Waals surface area contributed by atoms with Gasteiger partial charge in [-0.1, -0.05) is 36.4 Å². The van der Waals surface area contributed by atoms with E-state index in [0.717, 1.165) is 27.9 Å². The molecule has 0 unspecified atom stereocenters. The van der Waals surface area contributed by atoms with Crippen LogP contribution in [0.25, 0.3) is 22.2 Å². The molecule has 4 aromatic rings. The number of anilines is 2. The number of carbonyl (C=O) groups is 1. The molecule has 6 heteroatoms. The predicted molar refractivity (Wildman–Crippen MR) is 124 cm³/mol. The van der Waals surface area contributed by atoms with Crippen LogP contribution in [-0.4, -0.2) is 24.7 Å². The van der Waals surface area contributed by atoms with Gasteiger partial charge in [0.25, 0.3) is 0 Å². The summed E-state index contributed by atoms with van der Waals surface area (Å²) in [5.74, 6) is 1.40. The minimum absolute atomic E-state index is 0.348. The SMILES string of the molecule is CCOc1cc(-c2ccccc2)nc2ccc(NC(=O)Nc3cccc(OC)c3)cc12. The lowest BCUT2D eigenvalue weighted by molar-refractivity contribution is 0.262. The zero-order valence-corrected chi connectivity index (χ0v) is 17.4. The van der Waals surface area contributed by atoms with Crippen LogP contribution in [0.4, 0.5) is 16.2 Å². The quantitative estimate of drug-likeness (QED) is 0.409. The van der Waals surface area contributed by atoms with Gasteiger partial charge in [-0.25, -0.2) is 9.78 Å². The molecule has 3 aromatic carbocycles. The summed E-state index contributed by atoms with van der Waals surface area (Å²) in [5, 5.41) is 6.50. The van der Waals surface area contributed by atoms with Gasteiger partial charge in [-0.3, -0.25) is 0 Å². The van der Waals surface area contributed by atoms with Gasteiger partial charge in [-0.05, 0) is 37.3 Å². The lowest BCUT2D eigenvalue weighted by Gasteiger charge is -2.13. The largest absolute Gasteiger partial charge is 0.497 e. The first-order chi connectivity index (χ1) is 15.2. The Labute approximate surface area is 180 Å². The van der Waals surface area contributed by atoms with Crippen molar-refractivity contribution in [2.75, 3.05) is 24.4 Å². The summed E-state index contributed by atoms with van der Waals surface area (Å²) in [6.07, 6.45) is 0. The van der Waals surface area contributed by atoms with Crippen molar-refractivity contribution < 1.29 is 14.3 Å². The second-order valence-electron chi connectivity index (χ2n) is 6.85. The summed E-state index contributed by atoms with van der Waals surface area (Å²) in [6, 6.07) is 24.3. The minimum atomic E-state index is -0.348. The highest BCUT2D eigenvalue weighted by molar-refractivity contribution is 6.01. The molecule has 0 saturated carbocycles. The van der Waals surface area contributed by atoms with Crippen molar-refractivity contribution in [1.29, 1.82) is 0 Å². The maximum absolute atomic E-state index is 12.5. The Balaban J connectivity index is 1.60. The van der Waals surface area contributed by atoms with Gasteiger partial charge in [0.05, 0.1) is 24.9 Å². The number of amides is 2. The van der Waals surface area contributed by atoms with E-state index in [2.05, 4.69) is 10.6 Å². The number of hydrogen-bond acceptors (Lipinski definition) is 4. The molecular formula is C25H23N3O3. The average Bonchev–Trinajstić information content (AvgIpc) is 2.80. The summed E-state index contributed by atoms with van der Waals surface area (Å²) in [5.41, 5.74) is 3.94. The van der Waals surface area contributed by atoms with Gasteiger partial charge in [-0.15, -0.1) is 0 Å². The molecule has 0 bridgehead atoms. The van der Waals surface area contributed by atoms with E-state index in [0.29, 0.717) is 23.7 Å². The molecule has 2 amide bonds. The molecule has 0 saturated heterocycles. The Morgan fingerprint density at radius 1 is 0.903 bits per heavy atom. The second kappa shape index (κ2) is 9.17. The maximum atomic E-state index is 12.5. The highest BCUT2D eigenvalue weighted by Gasteiger charge is 2.11. The van der Waals surface area contributed by atoms with E-state index in [9.17, 15) is 4.79 Å². The van der Waals surface area contributed by atoms with Crippen LogP contribution < -0.4 is 20.1 Å². The Kier molecular flexibility index (Phi) is 5.98. The number of pyridine rings is 1. The van der Waals surface area contributed by atoms with E-state index in [1.54, 1.807) is 19.2 Å². The fourth-order valence-corrected chi connectivity index (χ4v) is 3.30. The minimum Gasteiger partial charge on any atom is -0.497 e. The lowest BCUT2D eigenvalue weighted by Crippen LogP contribution is -2.19. The summed E-state index contributed by atoms with van der Waals surface area (Å²) < 4.78 is 11.1. The van der Waals surface area contributed by atoms with Gasteiger partial charge >= 0.3 is 6.03 Å². The first kappa shape index (κ1) is 20.2. The number of benzene rings is 3. The Morgan fingerprint density at radius 2 is 1.68 bits per heavy atom. The van der Waals surface area contributed by atoms with Crippen LogP contribution >= 0.6 is 0 Å². The van der Waals surface area contributed by atoms with E-state index in [-0.39, 0.29) is 6.03 Å². The fraction of sp³-hybridized carbons (Fsp3) is 0.120. The number of carbonyl (C=O) groups excluding carboxylic acids is 1. The van der Waals surface area contributed by atoms with Crippen LogP contribution in [0.1, 0.15) is 6.92 Å². The molecule has 0 spiro atoms. The number of urea groups is 1. The molecule has 1 aromatic heterocycles. The third-order valence-corrected chi connectivity index (χ3v) is 4.73. The van der Waals surface area contributed by atoms with Crippen molar-refractivity contribution in [1.82, 2.24) is 4.98 Å². The molecule has 156 valence electrons. The molecule has 0 atom stereocenters. The molecule has 0 aliphatic carbocycles. The van der Waals surface area contributed by atoms with Gasteiger partial charge in [-0.2, -0.15) is 0 Å². The third kappa shape index (κ3) is 4.75. The van der Waals surface area contributed by atoms with E-state index in [1.807, 2.05) is 73.7 Å². The standard InChI is InChI=1S/C25H23N3O3/c1-3-31-24-16-23(17-8-5-4-6-9-17)28-22-13-12-19(15-21(22)24)27-25(29)26-18-10-7-11-20(14-18)30-2/h4-16H,3H2,1-2H3,(H2,26,27,29). The van der Waals surface area contributed by atoms with E-state index >= 15 is 0 Å². The Bertz CT molecular complexity index is 1210. The highest BCUT2D eigenvalue weighted by atomic mass is 16.5. The van der Waals surface area contributed by atoms with Crippen molar-refractivity contribution in [2.45, 2.75) is 6.92 Å². The zero-order valence-electron chi connectivity index (χ0n) is 17.4. The van der Waals surface area contributed by atoms with E-state index in [4.69, 9.17) is 14.5 Å². The van der Waals surface area contributed by atoms with Crippen LogP contribution in [0.2, 0.25) is 0 Å². The van der Waals surface area contributed by atoms with Gasteiger partial charge in [0, 0.05) is 34.5 Å². The van der Waals surface area contributed by atoms with Gasteiger partial charge in [0.15, 0.2) is 0 Å². The summed E-state index contributed by atoms with van der Waals surface area (Å²) in [4.78, 5) is 17.2. The summed E-state index contributed by atoms with van der Waals surface area (Å²) >= 11 is 0. The van der Waals surface area contributed by atoms with Gasteiger partial charge in [0.1, 0.15) is 11.5 Å². The Hall–Kier alpha value is -4.06. The summed E-state index contributed by atoms with van der Waals surface area (Å²) in [7, 11) is 1.58. The molecule has 0 radical (unpaired) electrons. The number of nitrogens with one attached hydrogen (secondary N) is 2. The maximum Gasteiger partial charge on any atom is 0.323 e. The fourth-order valence-electron chi connectivity index (χ4n) is 3.30.